The molecule has 174 valence electrons. The predicted molar refractivity (Wildman–Crippen MR) is 122 cm³/mol. The van der Waals surface area contributed by atoms with Crippen LogP contribution < -0.4 is 0 Å². The van der Waals surface area contributed by atoms with Crippen LogP contribution in [0.3, 0.4) is 0 Å². The minimum atomic E-state index is -3.53. The highest BCUT2D eigenvalue weighted by molar-refractivity contribution is 7.89. The average Bonchev–Trinajstić information content (AvgIpc) is 2.84. The number of hydrogen-bond donors (Lipinski definition) is 0. The van der Waals surface area contributed by atoms with Crippen molar-refractivity contribution < 1.29 is 13.2 Å². The number of rotatable bonds is 5. The maximum atomic E-state index is 13.2. The zero-order chi connectivity index (χ0) is 22.8. The number of hydrogen-bond acceptors (Lipinski definition) is 5. The molecule has 32 heavy (non-hydrogen) atoms. The fraction of sp³-hybridized carbons (Fsp3) is 0.667. The van der Waals surface area contributed by atoms with Crippen molar-refractivity contribution in [3.8, 4) is 6.07 Å². The maximum absolute atomic E-state index is 13.2. The van der Waals surface area contributed by atoms with Gasteiger partial charge in [0.25, 0.3) is 0 Å². The minimum absolute atomic E-state index is 0.0561. The standard InChI is InChI=1S/C24H34N4O3S/c1-26(24(19-25)11-5-2-6-12-24)23(29)18-27-13-15-28(16-14-27)32(30,31)22-10-9-20-7-3-4-8-21(20)17-22/h9-10,17H,2-8,11-16,18H2,1H3. The van der Waals surface area contributed by atoms with Gasteiger partial charge in [0.15, 0.2) is 0 Å². The second kappa shape index (κ2) is 9.50. The average molecular weight is 459 g/mol. The van der Waals surface area contributed by atoms with Gasteiger partial charge in [0.05, 0.1) is 17.5 Å². The summed E-state index contributed by atoms with van der Waals surface area (Å²) >= 11 is 0. The summed E-state index contributed by atoms with van der Waals surface area (Å²) in [5.74, 6) is -0.0561. The summed E-state index contributed by atoms with van der Waals surface area (Å²) < 4.78 is 27.9. The third-order valence-electron chi connectivity index (χ3n) is 7.55. The topological polar surface area (TPSA) is 84.7 Å². The zero-order valence-electron chi connectivity index (χ0n) is 19.1. The summed E-state index contributed by atoms with van der Waals surface area (Å²) in [5.41, 5.74) is 1.75. The number of likely N-dealkylation sites (N-methyl/N-ethyl adjacent to an activating group) is 1. The Morgan fingerprint density at radius 2 is 1.69 bits per heavy atom. The van der Waals surface area contributed by atoms with Crippen molar-refractivity contribution in [2.24, 2.45) is 0 Å². The molecular weight excluding hydrogens is 424 g/mol. The van der Waals surface area contributed by atoms with Crippen molar-refractivity contribution in [3.05, 3.63) is 29.3 Å². The van der Waals surface area contributed by atoms with E-state index in [1.54, 1.807) is 22.3 Å². The Morgan fingerprint density at radius 1 is 1.03 bits per heavy atom. The van der Waals surface area contributed by atoms with Gasteiger partial charge in [0, 0.05) is 33.2 Å². The number of fused-ring (bicyclic) bond motifs is 1. The Balaban J connectivity index is 1.35. The first-order valence-corrected chi connectivity index (χ1v) is 13.3. The molecule has 8 heteroatoms. The third-order valence-corrected chi connectivity index (χ3v) is 9.45. The molecule has 1 saturated heterocycles. The van der Waals surface area contributed by atoms with E-state index >= 15 is 0 Å². The van der Waals surface area contributed by atoms with E-state index in [4.69, 9.17) is 0 Å². The Bertz CT molecular complexity index is 987. The molecule has 0 aromatic heterocycles. The fourth-order valence-electron chi connectivity index (χ4n) is 5.34. The van der Waals surface area contributed by atoms with Gasteiger partial charge >= 0.3 is 0 Å². The van der Waals surface area contributed by atoms with E-state index in [2.05, 4.69) is 6.07 Å². The second-order valence-corrected chi connectivity index (χ2v) is 11.4. The molecule has 0 radical (unpaired) electrons. The molecule has 0 atom stereocenters. The van der Waals surface area contributed by atoms with Crippen LogP contribution in [0.5, 0.6) is 0 Å². The van der Waals surface area contributed by atoms with Gasteiger partial charge in [0.2, 0.25) is 15.9 Å². The molecular formula is C24H34N4O3S. The van der Waals surface area contributed by atoms with Crippen molar-refractivity contribution in [2.45, 2.75) is 68.2 Å². The van der Waals surface area contributed by atoms with Gasteiger partial charge in [-0.05, 0) is 61.8 Å². The van der Waals surface area contributed by atoms with Crippen molar-refractivity contribution in [1.82, 2.24) is 14.1 Å². The summed E-state index contributed by atoms with van der Waals surface area (Å²) in [4.78, 5) is 16.9. The SMILES string of the molecule is CN(C(=O)CN1CCN(S(=O)(=O)c2ccc3c(c2)CCCC3)CC1)C1(C#N)CCCCC1. The van der Waals surface area contributed by atoms with Crippen LogP contribution in [-0.4, -0.2) is 73.7 Å². The number of aryl methyl sites for hydroxylation is 2. The molecule has 1 amide bonds. The number of amides is 1. The van der Waals surface area contributed by atoms with E-state index in [1.165, 1.54) is 17.5 Å². The van der Waals surface area contributed by atoms with Crippen LogP contribution in [0.1, 0.15) is 56.1 Å². The number of sulfonamides is 1. The van der Waals surface area contributed by atoms with Crippen LogP contribution in [0.15, 0.2) is 23.1 Å². The van der Waals surface area contributed by atoms with Gasteiger partial charge in [-0.15, -0.1) is 0 Å². The molecule has 0 spiro atoms. The second-order valence-electron chi connectivity index (χ2n) is 9.47. The summed E-state index contributed by atoms with van der Waals surface area (Å²) in [7, 11) is -1.78. The monoisotopic (exact) mass is 458 g/mol. The van der Waals surface area contributed by atoms with Crippen molar-refractivity contribution >= 4 is 15.9 Å². The summed E-state index contributed by atoms with van der Waals surface area (Å²) in [6.07, 6.45) is 8.81. The molecule has 2 aliphatic carbocycles. The molecule has 1 aromatic carbocycles. The Hall–Kier alpha value is -1.95. The minimum Gasteiger partial charge on any atom is -0.326 e. The first kappa shape index (κ1) is 23.2. The lowest BCUT2D eigenvalue weighted by molar-refractivity contribution is -0.136. The third kappa shape index (κ3) is 4.57. The lowest BCUT2D eigenvalue weighted by Gasteiger charge is -2.40. The number of nitrogens with zero attached hydrogens (tertiary/aromatic N) is 4. The van der Waals surface area contributed by atoms with Gasteiger partial charge in [-0.2, -0.15) is 9.57 Å². The lowest BCUT2D eigenvalue weighted by atomic mass is 9.81. The van der Waals surface area contributed by atoms with Gasteiger partial charge in [-0.25, -0.2) is 8.42 Å². The van der Waals surface area contributed by atoms with Gasteiger partial charge < -0.3 is 4.90 Å². The van der Waals surface area contributed by atoms with E-state index < -0.39 is 15.6 Å². The zero-order valence-corrected chi connectivity index (χ0v) is 19.9. The van der Waals surface area contributed by atoms with E-state index in [1.807, 2.05) is 17.0 Å². The first-order valence-electron chi connectivity index (χ1n) is 11.9. The van der Waals surface area contributed by atoms with E-state index in [0.29, 0.717) is 31.1 Å². The van der Waals surface area contributed by atoms with Gasteiger partial charge in [-0.3, -0.25) is 9.69 Å². The number of nitriles is 1. The lowest BCUT2D eigenvalue weighted by Crippen LogP contribution is -2.55. The quantitative estimate of drug-likeness (QED) is 0.677. The molecule has 1 heterocycles. The molecule has 1 aromatic rings. The highest BCUT2D eigenvalue weighted by Crippen LogP contribution is 2.32. The highest BCUT2D eigenvalue weighted by Gasteiger charge is 2.39. The summed E-state index contributed by atoms with van der Waals surface area (Å²) in [6, 6.07) is 7.98. The van der Waals surface area contributed by atoms with Gasteiger partial charge in [0.1, 0.15) is 5.54 Å². The largest absolute Gasteiger partial charge is 0.326 e. The van der Waals surface area contributed by atoms with E-state index in [9.17, 15) is 18.5 Å². The molecule has 0 N–H and O–H groups in total. The normalized spacial score (nSPS) is 22.0. The number of carbonyl (C=O) groups is 1. The summed E-state index contributed by atoms with van der Waals surface area (Å²) in [5, 5.41) is 9.74. The highest BCUT2D eigenvalue weighted by atomic mass is 32.2. The van der Waals surface area contributed by atoms with Crippen LogP contribution >= 0.6 is 0 Å². The molecule has 3 aliphatic rings. The molecule has 0 unspecified atom stereocenters. The van der Waals surface area contributed by atoms with Crippen LogP contribution in [-0.2, 0) is 27.7 Å². The fourth-order valence-corrected chi connectivity index (χ4v) is 6.82. The van der Waals surface area contributed by atoms with Crippen LogP contribution in [0.25, 0.3) is 0 Å². The van der Waals surface area contributed by atoms with E-state index in [-0.39, 0.29) is 12.5 Å². The first-order chi connectivity index (χ1) is 15.4. The molecule has 1 saturated carbocycles. The molecule has 0 bridgehead atoms. The molecule has 1 aliphatic heterocycles. The number of carbonyl (C=O) groups excluding carboxylic acids is 1. The van der Waals surface area contributed by atoms with Crippen LogP contribution in [0.2, 0.25) is 0 Å². The van der Waals surface area contributed by atoms with Crippen molar-refractivity contribution in [1.29, 1.82) is 5.26 Å². The molecule has 4 rings (SSSR count). The number of piperazine rings is 1. The summed E-state index contributed by atoms with van der Waals surface area (Å²) in [6.45, 7) is 2.01. The van der Waals surface area contributed by atoms with Gasteiger partial charge in [-0.1, -0.05) is 25.3 Å². The Labute approximate surface area is 192 Å². The smallest absolute Gasteiger partial charge is 0.243 e. The van der Waals surface area contributed by atoms with Crippen LogP contribution in [0.4, 0.5) is 0 Å². The Morgan fingerprint density at radius 3 is 2.34 bits per heavy atom. The number of benzene rings is 1. The molecule has 2 fully saturated rings. The van der Waals surface area contributed by atoms with Crippen molar-refractivity contribution in [3.63, 3.8) is 0 Å². The van der Waals surface area contributed by atoms with E-state index in [0.717, 1.165) is 51.4 Å². The predicted octanol–water partition coefficient (Wildman–Crippen LogP) is 2.56. The van der Waals surface area contributed by atoms with Crippen molar-refractivity contribution in [2.75, 3.05) is 39.8 Å². The van der Waals surface area contributed by atoms with Crippen LogP contribution in [0, 0.1) is 11.3 Å². The molecule has 7 nitrogen and oxygen atoms in total. The Kier molecular flexibility index (Phi) is 6.89. The maximum Gasteiger partial charge on any atom is 0.243 e.